The number of hydrogen-bond donors (Lipinski definition) is 0. The summed E-state index contributed by atoms with van der Waals surface area (Å²) in [7, 11) is 1.85. The molecule has 0 bridgehead atoms. The van der Waals surface area contributed by atoms with E-state index in [-0.39, 0.29) is 0 Å². The van der Waals surface area contributed by atoms with Gasteiger partial charge in [-0.15, -0.1) is 0 Å². The van der Waals surface area contributed by atoms with E-state index in [9.17, 15) is 4.79 Å². The lowest BCUT2D eigenvalue weighted by molar-refractivity contribution is -0.104. The Morgan fingerprint density at radius 1 is 1.75 bits per heavy atom. The van der Waals surface area contributed by atoms with Crippen LogP contribution in [0.3, 0.4) is 0 Å². The van der Waals surface area contributed by atoms with Gasteiger partial charge in [-0.2, -0.15) is 5.10 Å². The van der Waals surface area contributed by atoms with Crippen LogP contribution in [0.25, 0.3) is 6.08 Å². The first-order valence-electron chi connectivity index (χ1n) is 3.91. The lowest BCUT2D eigenvalue weighted by Crippen LogP contribution is -1.93. The van der Waals surface area contributed by atoms with E-state index in [1.807, 2.05) is 26.1 Å². The van der Waals surface area contributed by atoms with Gasteiger partial charge >= 0.3 is 0 Å². The Morgan fingerprint density at radius 2 is 2.50 bits per heavy atom. The molecule has 0 aromatic carbocycles. The number of rotatable bonds is 3. The average Bonchev–Trinajstić information content (AvgIpc) is 2.47. The van der Waals surface area contributed by atoms with Gasteiger partial charge in [0.05, 0.1) is 5.69 Å². The largest absolute Gasteiger partial charge is 0.298 e. The Hall–Kier alpha value is -1.38. The van der Waals surface area contributed by atoms with Crippen molar-refractivity contribution in [3.05, 3.63) is 23.5 Å². The fourth-order valence-corrected chi connectivity index (χ4v) is 0.935. The van der Waals surface area contributed by atoms with Crippen molar-refractivity contribution >= 4 is 12.4 Å². The lowest BCUT2D eigenvalue weighted by atomic mass is 10.2. The van der Waals surface area contributed by atoms with E-state index < -0.39 is 0 Å². The molecule has 0 aliphatic carbocycles. The zero-order chi connectivity index (χ0) is 8.97. The lowest BCUT2D eigenvalue weighted by Gasteiger charge is -1.95. The summed E-state index contributed by atoms with van der Waals surface area (Å²) in [4.78, 5) is 10.5. The maximum Gasteiger partial charge on any atom is 0.146 e. The Morgan fingerprint density at radius 3 is 2.92 bits per heavy atom. The Bertz CT molecular complexity index is 299. The van der Waals surface area contributed by atoms with Crippen LogP contribution >= 0.6 is 0 Å². The van der Waals surface area contributed by atoms with Crippen molar-refractivity contribution in [2.45, 2.75) is 13.3 Å². The molecule has 0 aliphatic heterocycles. The molecule has 12 heavy (non-hydrogen) atoms. The number of aromatic nitrogens is 2. The predicted octanol–water partition coefficient (Wildman–Crippen LogP) is 1.41. The van der Waals surface area contributed by atoms with Crippen LogP contribution in [0.1, 0.15) is 19.0 Å². The third-order valence-corrected chi connectivity index (χ3v) is 1.75. The standard InChI is InChI=1S/C9H12N2O/c1-3-8(7-12)6-9-4-5-10-11(9)2/h4-7H,3H2,1-2H3. The summed E-state index contributed by atoms with van der Waals surface area (Å²) in [6, 6.07) is 1.87. The van der Waals surface area contributed by atoms with E-state index in [0.717, 1.165) is 24.0 Å². The van der Waals surface area contributed by atoms with E-state index in [0.29, 0.717) is 0 Å². The maximum atomic E-state index is 10.5. The normalized spacial score (nSPS) is 11.7. The highest BCUT2D eigenvalue weighted by Gasteiger charge is 1.96. The zero-order valence-electron chi connectivity index (χ0n) is 7.32. The quantitative estimate of drug-likeness (QED) is 0.500. The van der Waals surface area contributed by atoms with E-state index in [4.69, 9.17) is 0 Å². The van der Waals surface area contributed by atoms with Crippen LogP contribution in [-0.2, 0) is 11.8 Å². The third kappa shape index (κ3) is 1.81. The van der Waals surface area contributed by atoms with Gasteiger partial charge in [0.15, 0.2) is 0 Å². The van der Waals surface area contributed by atoms with E-state index in [1.54, 1.807) is 10.9 Å². The highest BCUT2D eigenvalue weighted by molar-refractivity contribution is 5.80. The van der Waals surface area contributed by atoms with Crippen molar-refractivity contribution in [2.24, 2.45) is 7.05 Å². The second-order valence-electron chi connectivity index (χ2n) is 2.57. The van der Waals surface area contributed by atoms with Gasteiger partial charge in [-0.25, -0.2) is 0 Å². The minimum Gasteiger partial charge on any atom is -0.298 e. The van der Waals surface area contributed by atoms with Gasteiger partial charge in [0, 0.05) is 13.2 Å². The molecule has 1 rings (SSSR count). The Balaban J connectivity index is 2.92. The van der Waals surface area contributed by atoms with Gasteiger partial charge in [-0.3, -0.25) is 9.48 Å². The van der Waals surface area contributed by atoms with Crippen LogP contribution in [0.15, 0.2) is 17.8 Å². The van der Waals surface area contributed by atoms with Gasteiger partial charge in [-0.1, -0.05) is 6.92 Å². The number of carbonyl (C=O) groups excluding carboxylic acids is 1. The molecule has 0 radical (unpaired) electrons. The van der Waals surface area contributed by atoms with Crippen molar-refractivity contribution < 1.29 is 4.79 Å². The number of allylic oxidation sites excluding steroid dienone is 1. The Labute approximate surface area is 71.7 Å². The number of carbonyl (C=O) groups is 1. The van der Waals surface area contributed by atoms with Crippen LogP contribution in [0.4, 0.5) is 0 Å². The SMILES string of the molecule is CCC(C=O)=Cc1ccnn1C. The molecule has 0 spiro atoms. The average molecular weight is 164 g/mol. The van der Waals surface area contributed by atoms with Gasteiger partial charge in [-0.05, 0) is 24.1 Å². The van der Waals surface area contributed by atoms with Crippen LogP contribution in [0, 0.1) is 0 Å². The molecule has 1 aromatic heterocycles. The van der Waals surface area contributed by atoms with Crippen molar-refractivity contribution in [3.8, 4) is 0 Å². The van der Waals surface area contributed by atoms with Gasteiger partial charge in [0.25, 0.3) is 0 Å². The molecular weight excluding hydrogens is 152 g/mol. The summed E-state index contributed by atoms with van der Waals surface area (Å²) in [5.74, 6) is 0. The maximum absolute atomic E-state index is 10.5. The van der Waals surface area contributed by atoms with Crippen molar-refractivity contribution in [1.82, 2.24) is 9.78 Å². The van der Waals surface area contributed by atoms with Gasteiger partial charge in [0.1, 0.15) is 6.29 Å². The van der Waals surface area contributed by atoms with Gasteiger partial charge < -0.3 is 0 Å². The summed E-state index contributed by atoms with van der Waals surface area (Å²) in [5.41, 5.74) is 1.75. The number of hydrogen-bond acceptors (Lipinski definition) is 2. The minimum atomic E-state index is 0.759. The monoisotopic (exact) mass is 164 g/mol. The Kier molecular flexibility index (Phi) is 2.80. The molecule has 0 saturated heterocycles. The second kappa shape index (κ2) is 3.85. The van der Waals surface area contributed by atoms with Crippen LogP contribution in [-0.4, -0.2) is 16.1 Å². The summed E-state index contributed by atoms with van der Waals surface area (Å²) >= 11 is 0. The van der Waals surface area contributed by atoms with E-state index in [2.05, 4.69) is 5.10 Å². The summed E-state index contributed by atoms with van der Waals surface area (Å²) in [5, 5.41) is 3.99. The highest BCUT2D eigenvalue weighted by atomic mass is 16.1. The number of aryl methyl sites for hydroxylation is 1. The van der Waals surface area contributed by atoms with Gasteiger partial charge in [0.2, 0.25) is 0 Å². The van der Waals surface area contributed by atoms with Crippen LogP contribution in [0.2, 0.25) is 0 Å². The first kappa shape index (κ1) is 8.71. The zero-order valence-corrected chi connectivity index (χ0v) is 7.32. The smallest absolute Gasteiger partial charge is 0.146 e. The molecule has 0 atom stereocenters. The summed E-state index contributed by atoms with van der Waals surface area (Å²) < 4.78 is 1.74. The van der Waals surface area contributed by atoms with Crippen molar-refractivity contribution in [3.63, 3.8) is 0 Å². The minimum absolute atomic E-state index is 0.759. The number of nitrogens with zero attached hydrogens (tertiary/aromatic N) is 2. The predicted molar refractivity (Wildman–Crippen MR) is 47.5 cm³/mol. The van der Waals surface area contributed by atoms with Crippen LogP contribution in [0.5, 0.6) is 0 Å². The summed E-state index contributed by atoms with van der Waals surface area (Å²) in [6.45, 7) is 1.95. The molecule has 0 saturated carbocycles. The molecular formula is C9H12N2O. The van der Waals surface area contributed by atoms with Crippen LogP contribution < -0.4 is 0 Å². The molecule has 3 heteroatoms. The molecule has 64 valence electrons. The van der Waals surface area contributed by atoms with Crippen molar-refractivity contribution in [2.75, 3.05) is 0 Å². The van der Waals surface area contributed by atoms with E-state index in [1.165, 1.54) is 0 Å². The molecule has 1 aromatic rings. The molecule has 0 amide bonds. The van der Waals surface area contributed by atoms with Crippen molar-refractivity contribution in [1.29, 1.82) is 0 Å². The molecule has 0 fully saturated rings. The topological polar surface area (TPSA) is 34.9 Å². The third-order valence-electron chi connectivity index (χ3n) is 1.75. The first-order chi connectivity index (χ1) is 5.77. The summed E-state index contributed by atoms with van der Waals surface area (Å²) in [6.07, 6.45) is 5.20. The first-order valence-corrected chi connectivity index (χ1v) is 3.91. The highest BCUT2D eigenvalue weighted by Crippen LogP contribution is 2.05. The molecule has 0 aliphatic rings. The fraction of sp³-hybridized carbons (Fsp3) is 0.333. The fourth-order valence-electron chi connectivity index (χ4n) is 0.935. The molecule has 0 N–H and O–H groups in total. The van der Waals surface area contributed by atoms with E-state index >= 15 is 0 Å². The molecule has 3 nitrogen and oxygen atoms in total. The molecule has 0 unspecified atom stereocenters. The molecule has 1 heterocycles. The number of aldehydes is 1. The second-order valence-corrected chi connectivity index (χ2v) is 2.57.